The maximum atomic E-state index is 10.0. The minimum Gasteiger partial charge on any atom is -0.508 e. The number of guanidine groups is 1. The van der Waals surface area contributed by atoms with Crippen LogP contribution in [0.1, 0.15) is 16.7 Å². The number of nitrogens with zero attached hydrogens (tertiary/aromatic N) is 2. The Hall–Kier alpha value is -2.69. The van der Waals surface area contributed by atoms with Gasteiger partial charge >= 0.3 is 0 Å². The van der Waals surface area contributed by atoms with Gasteiger partial charge in [0, 0.05) is 32.2 Å². The van der Waals surface area contributed by atoms with Crippen molar-refractivity contribution in [2.75, 3.05) is 20.7 Å². The van der Waals surface area contributed by atoms with Gasteiger partial charge in [0.25, 0.3) is 0 Å². The van der Waals surface area contributed by atoms with Gasteiger partial charge in [0.2, 0.25) is 0 Å². The van der Waals surface area contributed by atoms with Crippen molar-refractivity contribution in [2.45, 2.75) is 19.5 Å². The third-order valence-electron chi connectivity index (χ3n) is 4.37. The highest BCUT2D eigenvalue weighted by atomic mass is 16.5. The average molecular weight is 325 g/mol. The van der Waals surface area contributed by atoms with Gasteiger partial charge in [-0.3, -0.25) is 4.99 Å². The first-order valence-electron chi connectivity index (χ1n) is 8.09. The van der Waals surface area contributed by atoms with E-state index in [1.807, 2.05) is 6.07 Å². The monoisotopic (exact) mass is 325 g/mol. The SMILES string of the molecule is CN=C(NCc1cc(OC)ccc1O)N1CCc2ccccc2C1. The van der Waals surface area contributed by atoms with Crippen molar-refractivity contribution in [3.8, 4) is 11.5 Å². The molecule has 0 bridgehead atoms. The van der Waals surface area contributed by atoms with Gasteiger partial charge in [0.15, 0.2) is 5.96 Å². The Morgan fingerprint density at radius 2 is 2.04 bits per heavy atom. The van der Waals surface area contributed by atoms with E-state index in [-0.39, 0.29) is 5.75 Å². The lowest BCUT2D eigenvalue weighted by Crippen LogP contribution is -2.43. The number of phenolic OH excluding ortho intramolecular Hbond substituents is 1. The lowest BCUT2D eigenvalue weighted by Gasteiger charge is -2.31. The van der Waals surface area contributed by atoms with E-state index in [2.05, 4.69) is 39.5 Å². The number of phenols is 1. The van der Waals surface area contributed by atoms with Crippen LogP contribution in [0, 0.1) is 0 Å². The second-order valence-electron chi connectivity index (χ2n) is 5.84. The molecule has 0 fully saturated rings. The summed E-state index contributed by atoms with van der Waals surface area (Å²) < 4.78 is 5.22. The number of aliphatic imine (C=N–C) groups is 1. The Labute approximate surface area is 142 Å². The molecule has 0 spiro atoms. The van der Waals surface area contributed by atoms with Crippen LogP contribution in [0.2, 0.25) is 0 Å². The van der Waals surface area contributed by atoms with Crippen molar-refractivity contribution in [2.24, 2.45) is 4.99 Å². The molecule has 1 aliphatic rings. The van der Waals surface area contributed by atoms with Crippen LogP contribution in [-0.4, -0.2) is 36.7 Å². The Kier molecular flexibility index (Phi) is 4.89. The Bertz CT molecular complexity index is 743. The maximum absolute atomic E-state index is 10.0. The lowest BCUT2D eigenvalue weighted by atomic mass is 10.0. The second-order valence-corrected chi connectivity index (χ2v) is 5.84. The number of hydrogen-bond acceptors (Lipinski definition) is 3. The highest BCUT2D eigenvalue weighted by Crippen LogP contribution is 2.23. The third-order valence-corrected chi connectivity index (χ3v) is 4.37. The lowest BCUT2D eigenvalue weighted by molar-refractivity contribution is 0.377. The zero-order chi connectivity index (χ0) is 16.9. The smallest absolute Gasteiger partial charge is 0.194 e. The average Bonchev–Trinajstić information content (AvgIpc) is 2.63. The third kappa shape index (κ3) is 3.45. The summed E-state index contributed by atoms with van der Waals surface area (Å²) in [5.74, 6) is 1.82. The largest absolute Gasteiger partial charge is 0.508 e. The van der Waals surface area contributed by atoms with Gasteiger partial charge in [0.1, 0.15) is 11.5 Å². The highest BCUT2D eigenvalue weighted by molar-refractivity contribution is 5.80. The van der Waals surface area contributed by atoms with Gasteiger partial charge in [-0.05, 0) is 35.7 Å². The first-order chi connectivity index (χ1) is 11.7. The van der Waals surface area contributed by atoms with Crippen LogP contribution in [0.15, 0.2) is 47.5 Å². The molecule has 0 unspecified atom stereocenters. The Morgan fingerprint density at radius 1 is 1.25 bits per heavy atom. The van der Waals surface area contributed by atoms with Crippen LogP contribution in [0.25, 0.3) is 0 Å². The minimum absolute atomic E-state index is 0.253. The van der Waals surface area contributed by atoms with E-state index in [1.54, 1.807) is 26.3 Å². The first kappa shape index (κ1) is 16.2. The molecule has 0 saturated carbocycles. The van der Waals surface area contributed by atoms with Crippen molar-refractivity contribution in [1.82, 2.24) is 10.2 Å². The molecule has 2 N–H and O–H groups in total. The maximum Gasteiger partial charge on any atom is 0.194 e. The van der Waals surface area contributed by atoms with Crippen molar-refractivity contribution in [3.05, 3.63) is 59.2 Å². The number of ether oxygens (including phenoxy) is 1. The fourth-order valence-electron chi connectivity index (χ4n) is 3.01. The number of benzene rings is 2. The predicted molar refractivity (Wildman–Crippen MR) is 95.4 cm³/mol. The van der Waals surface area contributed by atoms with Gasteiger partial charge in [0.05, 0.1) is 7.11 Å². The van der Waals surface area contributed by atoms with Gasteiger partial charge in [-0.2, -0.15) is 0 Å². The summed E-state index contributed by atoms with van der Waals surface area (Å²) >= 11 is 0. The topological polar surface area (TPSA) is 57.1 Å². The highest BCUT2D eigenvalue weighted by Gasteiger charge is 2.18. The van der Waals surface area contributed by atoms with Gasteiger partial charge in [-0.15, -0.1) is 0 Å². The summed E-state index contributed by atoms with van der Waals surface area (Å²) in [5, 5.41) is 13.3. The normalized spacial score (nSPS) is 14.2. The van der Waals surface area contributed by atoms with Gasteiger partial charge in [-0.1, -0.05) is 24.3 Å². The van der Waals surface area contributed by atoms with Crippen LogP contribution in [0.3, 0.4) is 0 Å². The number of fused-ring (bicyclic) bond motifs is 1. The number of methoxy groups -OCH3 is 1. The van der Waals surface area contributed by atoms with Crippen molar-refractivity contribution < 1.29 is 9.84 Å². The van der Waals surface area contributed by atoms with Crippen molar-refractivity contribution in [1.29, 1.82) is 0 Å². The molecule has 24 heavy (non-hydrogen) atoms. The molecule has 126 valence electrons. The number of nitrogens with one attached hydrogen (secondary N) is 1. The zero-order valence-electron chi connectivity index (χ0n) is 14.1. The second kappa shape index (κ2) is 7.25. The van der Waals surface area contributed by atoms with Crippen LogP contribution >= 0.6 is 0 Å². The fraction of sp³-hybridized carbons (Fsp3) is 0.316. The van der Waals surface area contributed by atoms with Crippen LogP contribution < -0.4 is 10.1 Å². The zero-order valence-corrected chi connectivity index (χ0v) is 14.1. The molecule has 0 radical (unpaired) electrons. The number of rotatable bonds is 3. The predicted octanol–water partition coefficient (Wildman–Crippen LogP) is 2.53. The van der Waals surface area contributed by atoms with E-state index in [0.29, 0.717) is 6.54 Å². The molecule has 3 rings (SSSR count). The van der Waals surface area contributed by atoms with Crippen molar-refractivity contribution in [3.63, 3.8) is 0 Å². The fourth-order valence-corrected chi connectivity index (χ4v) is 3.01. The summed E-state index contributed by atoms with van der Waals surface area (Å²) in [4.78, 5) is 6.63. The number of aromatic hydroxyl groups is 1. The van der Waals surface area contributed by atoms with E-state index in [9.17, 15) is 5.11 Å². The van der Waals surface area contributed by atoms with E-state index < -0.39 is 0 Å². The summed E-state index contributed by atoms with van der Waals surface area (Å²) in [6, 6.07) is 13.8. The Morgan fingerprint density at radius 3 is 2.79 bits per heavy atom. The van der Waals surface area contributed by atoms with E-state index in [1.165, 1.54) is 11.1 Å². The molecule has 0 aliphatic carbocycles. The Balaban J connectivity index is 1.68. The first-order valence-corrected chi connectivity index (χ1v) is 8.09. The molecule has 2 aromatic carbocycles. The molecular formula is C19H23N3O2. The molecule has 1 heterocycles. The summed E-state index contributed by atoms with van der Waals surface area (Å²) in [6.07, 6.45) is 1.02. The van der Waals surface area contributed by atoms with Crippen LogP contribution in [-0.2, 0) is 19.5 Å². The van der Waals surface area contributed by atoms with Crippen molar-refractivity contribution >= 4 is 5.96 Å². The van der Waals surface area contributed by atoms with E-state index in [4.69, 9.17) is 4.74 Å². The molecule has 0 aromatic heterocycles. The summed E-state index contributed by atoms with van der Waals surface area (Å²) in [5.41, 5.74) is 3.54. The van der Waals surface area contributed by atoms with Gasteiger partial charge < -0.3 is 20.1 Å². The molecular weight excluding hydrogens is 302 g/mol. The quantitative estimate of drug-likeness (QED) is 0.672. The standard InChI is InChI=1S/C19H23N3O2/c1-20-19(21-12-16-11-17(24-2)7-8-18(16)23)22-10-9-14-5-3-4-6-15(14)13-22/h3-8,11,23H,9-10,12-13H2,1-2H3,(H,20,21). The molecule has 0 amide bonds. The minimum atomic E-state index is 0.253. The van der Waals surface area contributed by atoms with Crippen LogP contribution in [0.5, 0.6) is 11.5 Å². The molecule has 5 heteroatoms. The van der Waals surface area contributed by atoms with E-state index >= 15 is 0 Å². The molecule has 1 aliphatic heterocycles. The summed E-state index contributed by atoms with van der Waals surface area (Å²) in [7, 11) is 3.40. The molecule has 0 saturated heterocycles. The van der Waals surface area contributed by atoms with Crippen LogP contribution in [0.4, 0.5) is 0 Å². The van der Waals surface area contributed by atoms with Gasteiger partial charge in [-0.25, -0.2) is 0 Å². The molecule has 2 aromatic rings. The molecule has 0 atom stereocenters. The molecule has 5 nitrogen and oxygen atoms in total. The number of hydrogen-bond donors (Lipinski definition) is 2. The van der Waals surface area contributed by atoms with E-state index in [0.717, 1.165) is 36.8 Å². The summed E-state index contributed by atoms with van der Waals surface area (Å²) in [6.45, 7) is 2.27.